The van der Waals surface area contributed by atoms with Gasteiger partial charge >= 0.3 is 0 Å². The summed E-state index contributed by atoms with van der Waals surface area (Å²) in [6, 6.07) is 5.03. The first-order chi connectivity index (χ1) is 10.7. The van der Waals surface area contributed by atoms with Crippen molar-refractivity contribution >= 4 is 32.6 Å². The Hall–Kier alpha value is -1.69. The molecule has 4 rings (SSSR count). The molecular formula is C16H18FN3OS. The van der Waals surface area contributed by atoms with Crippen molar-refractivity contribution in [1.29, 1.82) is 0 Å². The highest BCUT2D eigenvalue weighted by molar-refractivity contribution is 7.22. The van der Waals surface area contributed by atoms with Crippen molar-refractivity contribution in [2.75, 3.05) is 31.1 Å². The van der Waals surface area contributed by atoms with Crippen molar-refractivity contribution in [3.8, 4) is 0 Å². The molecule has 0 N–H and O–H groups in total. The molecule has 0 radical (unpaired) electrons. The number of carbonyl (C=O) groups excluding carboxylic acids is 1. The van der Waals surface area contributed by atoms with E-state index in [9.17, 15) is 9.18 Å². The highest BCUT2D eigenvalue weighted by atomic mass is 32.1. The number of hydrogen-bond acceptors (Lipinski definition) is 4. The van der Waals surface area contributed by atoms with Gasteiger partial charge in [-0.2, -0.15) is 0 Å². The summed E-state index contributed by atoms with van der Waals surface area (Å²) >= 11 is 1.49. The summed E-state index contributed by atoms with van der Waals surface area (Å²) < 4.78 is 14.6. The maximum absolute atomic E-state index is 13.7. The molecule has 0 saturated carbocycles. The molecule has 1 aromatic heterocycles. The molecule has 0 atom stereocenters. The monoisotopic (exact) mass is 319 g/mol. The van der Waals surface area contributed by atoms with Gasteiger partial charge in [-0.1, -0.05) is 17.4 Å². The molecule has 1 aromatic carbocycles. The number of para-hydroxylation sites is 1. The van der Waals surface area contributed by atoms with Crippen molar-refractivity contribution in [3.63, 3.8) is 0 Å². The fourth-order valence-electron chi connectivity index (χ4n) is 3.20. The van der Waals surface area contributed by atoms with E-state index in [2.05, 4.69) is 9.88 Å². The fourth-order valence-corrected chi connectivity index (χ4v) is 4.20. The maximum Gasteiger partial charge on any atom is 0.229 e. The summed E-state index contributed by atoms with van der Waals surface area (Å²) in [6.45, 7) is 3.22. The van der Waals surface area contributed by atoms with Crippen LogP contribution in [0.1, 0.15) is 19.3 Å². The number of thiazole rings is 1. The molecule has 2 saturated heterocycles. The zero-order valence-electron chi connectivity index (χ0n) is 12.3. The minimum atomic E-state index is -0.276. The zero-order chi connectivity index (χ0) is 15.1. The van der Waals surface area contributed by atoms with Crippen LogP contribution in [0.25, 0.3) is 10.2 Å². The van der Waals surface area contributed by atoms with Gasteiger partial charge < -0.3 is 9.80 Å². The van der Waals surface area contributed by atoms with Crippen LogP contribution in [-0.2, 0) is 4.79 Å². The van der Waals surface area contributed by atoms with Crippen LogP contribution >= 0.6 is 11.3 Å². The number of nitrogens with zero attached hydrogens (tertiary/aromatic N) is 3. The molecule has 4 nitrogen and oxygen atoms in total. The minimum Gasteiger partial charge on any atom is -0.346 e. The second-order valence-electron chi connectivity index (χ2n) is 6.07. The Morgan fingerprint density at radius 1 is 1.23 bits per heavy atom. The Kier molecular flexibility index (Phi) is 3.48. The van der Waals surface area contributed by atoms with Crippen LogP contribution in [0.4, 0.5) is 9.52 Å². The minimum absolute atomic E-state index is 0.0787. The van der Waals surface area contributed by atoms with Crippen LogP contribution in [0.5, 0.6) is 0 Å². The predicted molar refractivity (Wildman–Crippen MR) is 85.7 cm³/mol. The van der Waals surface area contributed by atoms with Crippen molar-refractivity contribution in [1.82, 2.24) is 9.88 Å². The fraction of sp³-hybridized carbons (Fsp3) is 0.500. The Labute approximate surface area is 132 Å². The molecule has 2 aromatic rings. The van der Waals surface area contributed by atoms with Gasteiger partial charge in [0.1, 0.15) is 11.3 Å². The molecule has 0 aliphatic carbocycles. The Balaban J connectivity index is 1.43. The number of aromatic nitrogens is 1. The number of fused-ring (bicyclic) bond motifs is 1. The van der Waals surface area contributed by atoms with Gasteiger partial charge in [-0.3, -0.25) is 4.79 Å². The van der Waals surface area contributed by atoms with E-state index in [4.69, 9.17) is 0 Å². The molecule has 1 amide bonds. The lowest BCUT2D eigenvalue weighted by molar-refractivity contribution is -0.137. The average Bonchev–Trinajstić information content (AvgIpc) is 2.91. The largest absolute Gasteiger partial charge is 0.346 e. The van der Waals surface area contributed by atoms with Crippen molar-refractivity contribution < 1.29 is 9.18 Å². The number of amides is 1. The predicted octanol–water partition coefficient (Wildman–Crippen LogP) is 2.88. The molecule has 2 aliphatic heterocycles. The van der Waals surface area contributed by atoms with Crippen LogP contribution in [0.15, 0.2) is 18.2 Å². The van der Waals surface area contributed by atoms with E-state index in [0.717, 1.165) is 35.8 Å². The van der Waals surface area contributed by atoms with E-state index >= 15 is 0 Å². The number of rotatable bonds is 2. The highest BCUT2D eigenvalue weighted by Crippen LogP contribution is 2.34. The van der Waals surface area contributed by atoms with E-state index in [1.54, 1.807) is 6.07 Å². The van der Waals surface area contributed by atoms with Crippen molar-refractivity contribution in [2.45, 2.75) is 19.3 Å². The molecule has 0 unspecified atom stereocenters. The number of likely N-dealkylation sites (tertiary alicyclic amines) is 1. The van der Waals surface area contributed by atoms with Crippen LogP contribution in [0, 0.1) is 11.7 Å². The summed E-state index contributed by atoms with van der Waals surface area (Å²) in [7, 11) is 0. The molecule has 0 bridgehead atoms. The molecule has 2 fully saturated rings. The van der Waals surface area contributed by atoms with Crippen LogP contribution in [-0.4, -0.2) is 42.0 Å². The number of carbonyl (C=O) groups is 1. The standard InChI is InChI=1S/C16H18FN3OS/c17-12-5-4-6-13-14(12)18-16(22-13)20-9-11(10-20)15(21)19-7-2-1-3-8-19/h4-6,11H,1-3,7-10H2. The summed E-state index contributed by atoms with van der Waals surface area (Å²) in [5.74, 6) is 0.0830. The molecule has 0 spiro atoms. The number of benzene rings is 1. The van der Waals surface area contributed by atoms with E-state index in [1.165, 1.54) is 23.8 Å². The smallest absolute Gasteiger partial charge is 0.229 e. The summed E-state index contributed by atoms with van der Waals surface area (Å²) in [5, 5.41) is 0.822. The van der Waals surface area contributed by atoms with E-state index in [0.29, 0.717) is 18.6 Å². The van der Waals surface area contributed by atoms with Gasteiger partial charge in [0.05, 0.1) is 10.6 Å². The van der Waals surface area contributed by atoms with Crippen molar-refractivity contribution in [3.05, 3.63) is 24.0 Å². The lowest BCUT2D eigenvalue weighted by atomic mass is 9.98. The van der Waals surface area contributed by atoms with Gasteiger partial charge in [0.15, 0.2) is 5.13 Å². The molecule has 22 heavy (non-hydrogen) atoms. The SMILES string of the molecule is O=C(C1CN(c2nc3c(F)cccc3s2)C1)N1CCCCC1. The molecule has 3 heterocycles. The average molecular weight is 319 g/mol. The highest BCUT2D eigenvalue weighted by Gasteiger charge is 2.37. The number of halogens is 1. The normalized spacial score (nSPS) is 19.5. The van der Waals surface area contributed by atoms with Gasteiger partial charge in [-0.15, -0.1) is 0 Å². The topological polar surface area (TPSA) is 36.4 Å². The second-order valence-corrected chi connectivity index (χ2v) is 7.08. The molecule has 2 aliphatic rings. The lowest BCUT2D eigenvalue weighted by Crippen LogP contribution is -2.55. The second kappa shape index (κ2) is 5.50. The summed E-state index contributed by atoms with van der Waals surface area (Å²) in [5.41, 5.74) is 0.438. The Morgan fingerprint density at radius 3 is 2.73 bits per heavy atom. The Morgan fingerprint density at radius 2 is 2.00 bits per heavy atom. The summed E-state index contributed by atoms with van der Waals surface area (Å²) in [6.07, 6.45) is 3.48. The number of anilines is 1. The lowest BCUT2D eigenvalue weighted by Gasteiger charge is -2.41. The Bertz CT molecular complexity index is 704. The molecule has 6 heteroatoms. The number of hydrogen-bond donors (Lipinski definition) is 0. The van der Waals surface area contributed by atoms with Gasteiger partial charge in [-0.25, -0.2) is 9.37 Å². The van der Waals surface area contributed by atoms with E-state index in [-0.39, 0.29) is 17.6 Å². The third kappa shape index (κ3) is 2.35. The molecular weight excluding hydrogens is 301 g/mol. The quantitative estimate of drug-likeness (QED) is 0.854. The maximum atomic E-state index is 13.7. The van der Waals surface area contributed by atoms with Gasteiger partial charge in [0.25, 0.3) is 0 Å². The van der Waals surface area contributed by atoms with Gasteiger partial charge in [0, 0.05) is 26.2 Å². The summed E-state index contributed by atoms with van der Waals surface area (Å²) in [4.78, 5) is 20.9. The first kappa shape index (κ1) is 13.9. The van der Waals surface area contributed by atoms with Crippen LogP contribution in [0.2, 0.25) is 0 Å². The molecule has 116 valence electrons. The van der Waals surface area contributed by atoms with Gasteiger partial charge in [0.2, 0.25) is 5.91 Å². The first-order valence-corrected chi connectivity index (χ1v) is 8.63. The van der Waals surface area contributed by atoms with Crippen LogP contribution in [0.3, 0.4) is 0 Å². The van der Waals surface area contributed by atoms with Crippen LogP contribution < -0.4 is 4.90 Å². The number of piperidine rings is 1. The van der Waals surface area contributed by atoms with Gasteiger partial charge in [-0.05, 0) is 31.4 Å². The van der Waals surface area contributed by atoms with E-state index in [1.807, 2.05) is 11.0 Å². The first-order valence-electron chi connectivity index (χ1n) is 7.81. The third-order valence-electron chi connectivity index (χ3n) is 4.53. The third-order valence-corrected chi connectivity index (χ3v) is 5.61. The van der Waals surface area contributed by atoms with Crippen molar-refractivity contribution in [2.24, 2.45) is 5.92 Å². The zero-order valence-corrected chi connectivity index (χ0v) is 13.1. The van der Waals surface area contributed by atoms with E-state index < -0.39 is 0 Å².